The molecule has 0 aliphatic rings. The lowest BCUT2D eigenvalue weighted by Gasteiger charge is -2.05. The number of aromatic nitrogens is 1. The van der Waals surface area contributed by atoms with E-state index in [1.807, 2.05) is 30.3 Å². The first kappa shape index (κ1) is 12.1. The van der Waals surface area contributed by atoms with Gasteiger partial charge in [-0.05, 0) is 24.3 Å². The number of nitrogens with zero attached hydrogens (tertiary/aromatic N) is 2. The molecular formula is C15H10N2O3. The summed E-state index contributed by atoms with van der Waals surface area (Å²) in [5, 5.41) is 11.6. The summed E-state index contributed by atoms with van der Waals surface area (Å²) in [5.41, 5.74) is 0.871. The number of benzene rings is 2. The topological polar surface area (TPSA) is 65.3 Å². The number of rotatable bonds is 3. The van der Waals surface area contributed by atoms with Crippen LogP contribution in [0.4, 0.5) is 5.69 Å². The van der Waals surface area contributed by atoms with Crippen LogP contribution in [0, 0.1) is 10.1 Å². The number of ether oxygens (including phenoxy) is 1. The highest BCUT2D eigenvalue weighted by atomic mass is 16.6. The van der Waals surface area contributed by atoms with Gasteiger partial charge >= 0.3 is 0 Å². The molecule has 0 saturated carbocycles. The van der Waals surface area contributed by atoms with Crippen LogP contribution in [0.1, 0.15) is 0 Å². The molecule has 2 aromatic carbocycles. The predicted molar refractivity (Wildman–Crippen MR) is 74.9 cm³/mol. The van der Waals surface area contributed by atoms with Crippen molar-refractivity contribution in [2.24, 2.45) is 0 Å². The molecule has 0 unspecified atom stereocenters. The molecule has 0 saturated heterocycles. The van der Waals surface area contributed by atoms with E-state index < -0.39 is 4.92 Å². The van der Waals surface area contributed by atoms with Gasteiger partial charge in [0.15, 0.2) is 0 Å². The summed E-state index contributed by atoms with van der Waals surface area (Å²) in [7, 11) is 0. The number of fused-ring (bicyclic) bond motifs is 1. The summed E-state index contributed by atoms with van der Waals surface area (Å²) in [6.45, 7) is 0. The molecule has 5 nitrogen and oxygen atoms in total. The molecule has 0 radical (unpaired) electrons. The van der Waals surface area contributed by atoms with Gasteiger partial charge < -0.3 is 4.74 Å². The summed E-state index contributed by atoms with van der Waals surface area (Å²) in [6.07, 6.45) is 0. The van der Waals surface area contributed by atoms with E-state index >= 15 is 0 Å². The summed E-state index contributed by atoms with van der Waals surface area (Å²) in [4.78, 5) is 14.5. The van der Waals surface area contributed by atoms with E-state index in [1.165, 1.54) is 12.1 Å². The summed E-state index contributed by atoms with van der Waals surface area (Å²) in [5.74, 6) is 0.968. The van der Waals surface area contributed by atoms with Crippen molar-refractivity contribution < 1.29 is 9.66 Å². The van der Waals surface area contributed by atoms with Gasteiger partial charge in [0, 0.05) is 23.6 Å². The standard InChI is InChI=1S/C15H10N2O3/c18-17(19)12-6-8-13(9-7-12)20-15-10-5-11-3-1-2-4-14(11)16-15/h1-10H. The molecule has 1 heterocycles. The van der Waals surface area contributed by atoms with Gasteiger partial charge in [0.05, 0.1) is 10.4 Å². The van der Waals surface area contributed by atoms with Crippen LogP contribution in [-0.2, 0) is 0 Å². The lowest BCUT2D eigenvalue weighted by Crippen LogP contribution is -1.90. The van der Waals surface area contributed by atoms with E-state index in [-0.39, 0.29) is 5.69 Å². The van der Waals surface area contributed by atoms with E-state index in [9.17, 15) is 10.1 Å². The van der Waals surface area contributed by atoms with E-state index in [4.69, 9.17) is 4.74 Å². The van der Waals surface area contributed by atoms with Gasteiger partial charge in [0.2, 0.25) is 5.88 Å². The lowest BCUT2D eigenvalue weighted by atomic mass is 10.2. The number of nitro benzene ring substituents is 1. The van der Waals surface area contributed by atoms with Crippen LogP contribution in [0.2, 0.25) is 0 Å². The fraction of sp³-hybridized carbons (Fsp3) is 0. The number of nitro groups is 1. The molecule has 20 heavy (non-hydrogen) atoms. The molecule has 5 heteroatoms. The molecule has 3 rings (SSSR count). The smallest absolute Gasteiger partial charge is 0.269 e. The first-order valence-corrected chi connectivity index (χ1v) is 6.00. The maximum atomic E-state index is 10.6. The first-order valence-electron chi connectivity index (χ1n) is 6.00. The molecule has 0 N–H and O–H groups in total. The Morgan fingerprint density at radius 2 is 1.70 bits per heavy atom. The highest BCUT2D eigenvalue weighted by molar-refractivity contribution is 5.78. The Morgan fingerprint density at radius 1 is 0.950 bits per heavy atom. The van der Waals surface area contributed by atoms with Gasteiger partial charge in [0.1, 0.15) is 5.75 Å². The molecular weight excluding hydrogens is 256 g/mol. The van der Waals surface area contributed by atoms with Crippen molar-refractivity contribution >= 4 is 16.6 Å². The number of hydrogen-bond donors (Lipinski definition) is 0. The average Bonchev–Trinajstić information content (AvgIpc) is 2.48. The van der Waals surface area contributed by atoms with Gasteiger partial charge in [-0.25, -0.2) is 4.98 Å². The van der Waals surface area contributed by atoms with Crippen LogP contribution in [0.15, 0.2) is 60.7 Å². The van der Waals surface area contributed by atoms with Gasteiger partial charge in [-0.2, -0.15) is 0 Å². The third-order valence-electron chi connectivity index (χ3n) is 2.84. The molecule has 1 aromatic heterocycles. The van der Waals surface area contributed by atoms with Crippen LogP contribution in [-0.4, -0.2) is 9.91 Å². The SMILES string of the molecule is O=[N+]([O-])c1ccc(Oc2ccc3ccccc3n2)cc1. The van der Waals surface area contributed by atoms with Crippen molar-refractivity contribution in [1.82, 2.24) is 4.98 Å². The van der Waals surface area contributed by atoms with Gasteiger partial charge in [-0.1, -0.05) is 18.2 Å². The van der Waals surface area contributed by atoms with Crippen molar-refractivity contribution in [2.45, 2.75) is 0 Å². The molecule has 3 aromatic rings. The van der Waals surface area contributed by atoms with Crippen LogP contribution in [0.25, 0.3) is 10.9 Å². The van der Waals surface area contributed by atoms with Crippen LogP contribution in [0.5, 0.6) is 11.6 Å². The molecule has 98 valence electrons. The minimum atomic E-state index is -0.446. The fourth-order valence-corrected chi connectivity index (χ4v) is 1.86. The monoisotopic (exact) mass is 266 g/mol. The Balaban J connectivity index is 1.87. The normalized spacial score (nSPS) is 10.4. The predicted octanol–water partition coefficient (Wildman–Crippen LogP) is 3.94. The second-order valence-corrected chi connectivity index (χ2v) is 4.20. The van der Waals surface area contributed by atoms with Crippen molar-refractivity contribution in [1.29, 1.82) is 0 Å². The maximum Gasteiger partial charge on any atom is 0.269 e. The van der Waals surface area contributed by atoms with E-state index in [0.717, 1.165) is 10.9 Å². The van der Waals surface area contributed by atoms with Crippen molar-refractivity contribution in [3.05, 3.63) is 70.8 Å². The molecule has 0 bridgehead atoms. The zero-order valence-electron chi connectivity index (χ0n) is 10.4. The van der Waals surface area contributed by atoms with E-state index in [0.29, 0.717) is 11.6 Å². The highest BCUT2D eigenvalue weighted by Crippen LogP contribution is 2.24. The average molecular weight is 266 g/mol. The zero-order chi connectivity index (χ0) is 13.9. The van der Waals surface area contributed by atoms with Gasteiger partial charge in [-0.3, -0.25) is 10.1 Å². The zero-order valence-corrected chi connectivity index (χ0v) is 10.4. The Hall–Kier alpha value is -2.95. The third kappa shape index (κ3) is 2.42. The lowest BCUT2D eigenvalue weighted by molar-refractivity contribution is -0.384. The molecule has 0 aliphatic heterocycles. The molecule has 0 atom stereocenters. The number of hydrogen-bond acceptors (Lipinski definition) is 4. The van der Waals surface area contributed by atoms with Crippen LogP contribution >= 0.6 is 0 Å². The number of pyridine rings is 1. The summed E-state index contributed by atoms with van der Waals surface area (Å²) >= 11 is 0. The molecule has 0 aliphatic carbocycles. The quantitative estimate of drug-likeness (QED) is 0.532. The Bertz CT molecular complexity index is 769. The molecule has 0 fully saturated rings. The van der Waals surface area contributed by atoms with Crippen molar-refractivity contribution in [2.75, 3.05) is 0 Å². The second kappa shape index (κ2) is 4.97. The minimum Gasteiger partial charge on any atom is -0.439 e. The second-order valence-electron chi connectivity index (χ2n) is 4.20. The number of non-ortho nitro benzene ring substituents is 1. The van der Waals surface area contributed by atoms with Crippen LogP contribution in [0.3, 0.4) is 0 Å². The maximum absolute atomic E-state index is 10.6. The largest absolute Gasteiger partial charge is 0.439 e. The Labute approximate surface area is 114 Å². The van der Waals surface area contributed by atoms with E-state index in [2.05, 4.69) is 4.98 Å². The Kier molecular flexibility index (Phi) is 3.01. The summed E-state index contributed by atoms with van der Waals surface area (Å²) < 4.78 is 5.59. The highest BCUT2D eigenvalue weighted by Gasteiger charge is 2.05. The van der Waals surface area contributed by atoms with Crippen molar-refractivity contribution in [3.63, 3.8) is 0 Å². The van der Waals surface area contributed by atoms with Crippen LogP contribution < -0.4 is 4.74 Å². The first-order chi connectivity index (χ1) is 9.72. The van der Waals surface area contributed by atoms with E-state index in [1.54, 1.807) is 18.2 Å². The number of para-hydroxylation sites is 1. The third-order valence-corrected chi connectivity index (χ3v) is 2.84. The van der Waals surface area contributed by atoms with Gasteiger partial charge in [0.25, 0.3) is 5.69 Å². The molecule has 0 amide bonds. The summed E-state index contributed by atoms with van der Waals surface area (Å²) in [6, 6.07) is 17.3. The van der Waals surface area contributed by atoms with Crippen molar-refractivity contribution in [3.8, 4) is 11.6 Å². The fourth-order valence-electron chi connectivity index (χ4n) is 1.86. The Morgan fingerprint density at radius 3 is 2.45 bits per heavy atom. The molecule has 0 spiro atoms. The minimum absolute atomic E-state index is 0.0313. The van der Waals surface area contributed by atoms with Gasteiger partial charge in [-0.15, -0.1) is 0 Å².